The van der Waals surface area contributed by atoms with E-state index in [1.165, 1.54) is 4.90 Å². The Labute approximate surface area is 184 Å². The fourth-order valence-corrected chi connectivity index (χ4v) is 4.31. The van der Waals surface area contributed by atoms with Crippen LogP contribution >= 0.6 is 0 Å². The van der Waals surface area contributed by atoms with Gasteiger partial charge in [-0.3, -0.25) is 14.6 Å². The molecular formula is C23H24N4O5. The van der Waals surface area contributed by atoms with Crippen molar-refractivity contribution in [1.82, 2.24) is 15.2 Å². The largest absolute Gasteiger partial charge is 0.477 e. The molecule has 4 N–H and O–H groups in total. The first-order valence-electron chi connectivity index (χ1n) is 10.3. The summed E-state index contributed by atoms with van der Waals surface area (Å²) < 4.78 is 0. The molecule has 0 bridgehead atoms. The van der Waals surface area contributed by atoms with Gasteiger partial charge in [0.1, 0.15) is 5.70 Å². The van der Waals surface area contributed by atoms with Crippen molar-refractivity contribution in [3.63, 3.8) is 0 Å². The van der Waals surface area contributed by atoms with Crippen LogP contribution in [0.4, 0.5) is 5.69 Å². The Morgan fingerprint density at radius 2 is 1.88 bits per heavy atom. The number of aliphatic hydroxyl groups excluding tert-OH is 1. The number of anilines is 1. The predicted molar refractivity (Wildman–Crippen MR) is 116 cm³/mol. The minimum atomic E-state index is -1.15. The fourth-order valence-electron chi connectivity index (χ4n) is 4.31. The van der Waals surface area contributed by atoms with Crippen LogP contribution in [-0.2, 0) is 20.9 Å². The van der Waals surface area contributed by atoms with Gasteiger partial charge in [0.25, 0.3) is 0 Å². The topological polar surface area (TPSA) is 132 Å². The van der Waals surface area contributed by atoms with Crippen molar-refractivity contribution in [2.75, 3.05) is 11.9 Å². The number of fused-ring (bicyclic) bond motifs is 1. The summed E-state index contributed by atoms with van der Waals surface area (Å²) in [6.07, 6.45) is 2.78. The molecule has 0 saturated carbocycles. The van der Waals surface area contributed by atoms with Crippen molar-refractivity contribution in [2.45, 2.75) is 32.0 Å². The maximum atomic E-state index is 12.3. The van der Waals surface area contributed by atoms with Gasteiger partial charge in [-0.25, -0.2) is 4.79 Å². The number of aliphatic carboxylic acids is 1. The highest BCUT2D eigenvalue weighted by molar-refractivity contribution is 6.06. The van der Waals surface area contributed by atoms with Crippen LogP contribution < -0.4 is 10.6 Å². The van der Waals surface area contributed by atoms with Gasteiger partial charge in [0.05, 0.1) is 24.6 Å². The smallest absolute Gasteiger partial charge is 0.352 e. The molecule has 0 aliphatic carbocycles. The lowest BCUT2D eigenvalue weighted by molar-refractivity contribution is -0.161. The molecule has 0 spiro atoms. The first-order valence-corrected chi connectivity index (χ1v) is 10.3. The van der Waals surface area contributed by atoms with Crippen LogP contribution in [-0.4, -0.2) is 56.6 Å². The highest BCUT2D eigenvalue weighted by Crippen LogP contribution is 2.46. The van der Waals surface area contributed by atoms with E-state index in [-0.39, 0.29) is 30.1 Å². The fraction of sp³-hybridized carbons (Fsp3) is 0.304. The van der Waals surface area contributed by atoms with Crippen molar-refractivity contribution in [3.05, 3.63) is 65.6 Å². The summed E-state index contributed by atoms with van der Waals surface area (Å²) in [5, 5.41) is 25.4. The second-order valence-electron chi connectivity index (χ2n) is 7.96. The number of aromatic nitrogens is 1. The number of aliphatic hydroxyl groups is 1. The van der Waals surface area contributed by atoms with E-state index in [4.69, 9.17) is 0 Å². The molecule has 1 aromatic carbocycles. The van der Waals surface area contributed by atoms with Crippen LogP contribution in [0.25, 0.3) is 5.57 Å². The molecule has 0 radical (unpaired) electrons. The standard InChI is InChI=1S/C23H24N4O5/c1-13(28)20-18-10-17(21(23(31)32)27(18)22(20)30)15-4-2-14(3-5-15)11-25-12-19(29)26-16-6-8-24-9-7-16/h2-9,13,18,20,25,28H,10-12H2,1H3,(H,31,32)(H,24,26,29)/t13-,18-,20-/m1/s1. The summed E-state index contributed by atoms with van der Waals surface area (Å²) in [6, 6.07) is 10.5. The summed E-state index contributed by atoms with van der Waals surface area (Å²) in [5.41, 5.74) is 2.93. The van der Waals surface area contributed by atoms with Gasteiger partial charge in [0.2, 0.25) is 11.8 Å². The van der Waals surface area contributed by atoms with Gasteiger partial charge in [-0.2, -0.15) is 0 Å². The van der Waals surface area contributed by atoms with E-state index in [1.54, 1.807) is 31.5 Å². The Bertz CT molecular complexity index is 1070. The average Bonchev–Trinajstić information content (AvgIpc) is 3.10. The van der Waals surface area contributed by atoms with Crippen LogP contribution in [0.2, 0.25) is 0 Å². The van der Waals surface area contributed by atoms with Gasteiger partial charge in [0, 0.05) is 24.6 Å². The lowest BCUT2D eigenvalue weighted by Gasteiger charge is -2.44. The molecule has 1 saturated heterocycles. The van der Waals surface area contributed by atoms with Gasteiger partial charge in [-0.15, -0.1) is 0 Å². The van der Waals surface area contributed by atoms with Crippen LogP contribution in [0.1, 0.15) is 24.5 Å². The first kappa shape index (κ1) is 21.7. The van der Waals surface area contributed by atoms with Gasteiger partial charge in [0.15, 0.2) is 0 Å². The second-order valence-corrected chi connectivity index (χ2v) is 7.96. The number of hydrogen-bond acceptors (Lipinski definition) is 6. The molecule has 2 aliphatic heterocycles. The molecule has 9 nitrogen and oxygen atoms in total. The molecule has 32 heavy (non-hydrogen) atoms. The SMILES string of the molecule is C[C@@H](O)[C@H]1C(=O)N2C(C(=O)O)=C(c3ccc(CNCC(=O)Nc4ccncc4)cc3)C[C@H]12. The number of benzene rings is 1. The number of β-lactam (4-membered cyclic amide) rings is 1. The normalized spacial score (nSPS) is 20.6. The van der Waals surface area contributed by atoms with Crippen LogP contribution in [0.5, 0.6) is 0 Å². The lowest BCUT2D eigenvalue weighted by Crippen LogP contribution is -2.61. The third kappa shape index (κ3) is 4.12. The number of nitrogens with zero attached hydrogens (tertiary/aromatic N) is 2. The van der Waals surface area contributed by atoms with Gasteiger partial charge >= 0.3 is 5.97 Å². The minimum absolute atomic E-state index is 0.00411. The number of rotatable bonds is 8. The van der Waals surface area contributed by atoms with E-state index in [0.29, 0.717) is 24.2 Å². The second kappa shape index (κ2) is 8.89. The summed E-state index contributed by atoms with van der Waals surface area (Å²) >= 11 is 0. The Hall–Kier alpha value is -3.56. The monoisotopic (exact) mass is 436 g/mol. The number of pyridine rings is 1. The quantitative estimate of drug-likeness (QED) is 0.458. The van der Waals surface area contributed by atoms with Crippen molar-refractivity contribution < 1.29 is 24.6 Å². The molecule has 3 atom stereocenters. The number of carboxylic acid groups (broad SMARTS) is 1. The van der Waals surface area contributed by atoms with Crippen LogP contribution in [0.15, 0.2) is 54.5 Å². The Kier molecular flexibility index (Phi) is 6.02. The Morgan fingerprint density at radius 1 is 1.19 bits per heavy atom. The minimum Gasteiger partial charge on any atom is -0.477 e. The molecular weight excluding hydrogens is 412 g/mol. The predicted octanol–water partition coefficient (Wildman–Crippen LogP) is 1.22. The van der Waals surface area contributed by atoms with E-state index in [2.05, 4.69) is 15.6 Å². The zero-order chi connectivity index (χ0) is 22.8. The van der Waals surface area contributed by atoms with Crippen LogP contribution in [0.3, 0.4) is 0 Å². The number of hydrogen-bond donors (Lipinski definition) is 4. The van der Waals surface area contributed by atoms with Crippen molar-refractivity contribution >= 4 is 29.0 Å². The summed E-state index contributed by atoms with van der Waals surface area (Å²) in [7, 11) is 0. The van der Waals surface area contributed by atoms with E-state index < -0.39 is 18.0 Å². The lowest BCUT2D eigenvalue weighted by atomic mass is 9.82. The highest BCUT2D eigenvalue weighted by atomic mass is 16.4. The summed E-state index contributed by atoms with van der Waals surface area (Å²) in [6.45, 7) is 2.15. The van der Waals surface area contributed by atoms with Crippen LogP contribution in [0, 0.1) is 5.92 Å². The molecule has 2 aromatic rings. The zero-order valence-electron chi connectivity index (χ0n) is 17.5. The molecule has 166 valence electrons. The van der Waals surface area contributed by atoms with Crippen molar-refractivity contribution in [3.8, 4) is 0 Å². The third-order valence-corrected chi connectivity index (χ3v) is 5.81. The number of carboxylic acids is 1. The Balaban J connectivity index is 1.38. The number of amides is 2. The van der Waals surface area contributed by atoms with Gasteiger partial charge < -0.3 is 25.7 Å². The van der Waals surface area contributed by atoms with Crippen molar-refractivity contribution in [2.24, 2.45) is 5.92 Å². The molecule has 0 unspecified atom stereocenters. The van der Waals surface area contributed by atoms with E-state index in [1.807, 2.05) is 24.3 Å². The average molecular weight is 436 g/mol. The number of nitrogens with one attached hydrogen (secondary N) is 2. The van der Waals surface area contributed by atoms with Crippen molar-refractivity contribution in [1.29, 1.82) is 0 Å². The molecule has 2 aliphatic rings. The maximum absolute atomic E-state index is 12.3. The number of carbonyl (C=O) groups excluding carboxylic acids is 2. The van der Waals surface area contributed by atoms with E-state index in [9.17, 15) is 24.6 Å². The molecule has 4 rings (SSSR count). The summed E-state index contributed by atoms with van der Waals surface area (Å²) in [4.78, 5) is 41.4. The zero-order valence-corrected chi connectivity index (χ0v) is 17.5. The summed E-state index contributed by atoms with van der Waals surface area (Å²) in [5.74, 6) is -2.23. The molecule has 2 amide bonds. The molecule has 1 fully saturated rings. The first-order chi connectivity index (χ1) is 15.4. The molecule has 1 aromatic heterocycles. The van der Waals surface area contributed by atoms with E-state index in [0.717, 1.165) is 11.1 Å². The molecule has 3 heterocycles. The third-order valence-electron chi connectivity index (χ3n) is 5.81. The van der Waals surface area contributed by atoms with E-state index >= 15 is 0 Å². The maximum Gasteiger partial charge on any atom is 0.352 e. The van der Waals surface area contributed by atoms with Gasteiger partial charge in [-0.1, -0.05) is 24.3 Å². The molecule has 9 heteroatoms. The number of carbonyl (C=O) groups is 3. The Morgan fingerprint density at radius 3 is 2.50 bits per heavy atom. The van der Waals surface area contributed by atoms with Gasteiger partial charge in [-0.05, 0) is 42.2 Å². The highest BCUT2D eigenvalue weighted by Gasteiger charge is 2.56.